The molecule has 24 heavy (non-hydrogen) atoms. The summed E-state index contributed by atoms with van der Waals surface area (Å²) in [6.07, 6.45) is 3.63. The van der Waals surface area contributed by atoms with E-state index in [4.69, 9.17) is 4.74 Å². The molecule has 2 atom stereocenters. The van der Waals surface area contributed by atoms with Gasteiger partial charge in [-0.15, -0.1) is 0 Å². The fourth-order valence-corrected chi connectivity index (χ4v) is 4.25. The van der Waals surface area contributed by atoms with E-state index in [1.807, 2.05) is 6.07 Å². The minimum absolute atomic E-state index is 0.00978. The van der Waals surface area contributed by atoms with Gasteiger partial charge in [-0.05, 0) is 36.5 Å². The van der Waals surface area contributed by atoms with Crippen molar-refractivity contribution in [1.82, 2.24) is 9.80 Å². The highest BCUT2D eigenvalue weighted by Crippen LogP contribution is 2.49. The molecule has 1 saturated heterocycles. The number of hydrogen-bond acceptors (Lipinski definition) is 3. The molecule has 1 aliphatic heterocycles. The summed E-state index contributed by atoms with van der Waals surface area (Å²) in [5, 5.41) is 0. The molecule has 3 rings (SSSR count). The maximum atomic E-state index is 13.4. The highest BCUT2D eigenvalue weighted by Gasteiger charge is 2.49. The Labute approximate surface area is 143 Å². The number of rotatable bonds is 6. The largest absolute Gasteiger partial charge is 0.371 e. The number of nitrogens with zero attached hydrogens (tertiary/aromatic N) is 2. The monoisotopic (exact) mass is 334 g/mol. The maximum absolute atomic E-state index is 13.4. The SMILES string of the molecule is CN(C)C(=O)COC[C@@]12CCC[C@@H]1CN(Cc1cccc(F)c1)C2. The molecule has 0 radical (unpaired) electrons. The van der Waals surface area contributed by atoms with Crippen LogP contribution < -0.4 is 0 Å². The number of likely N-dealkylation sites (tertiary alicyclic amines) is 1. The van der Waals surface area contributed by atoms with E-state index in [1.165, 1.54) is 18.9 Å². The first-order valence-corrected chi connectivity index (χ1v) is 8.73. The molecular weight excluding hydrogens is 307 g/mol. The Kier molecular flexibility index (Phi) is 5.21. The van der Waals surface area contributed by atoms with Gasteiger partial charge in [0.25, 0.3) is 0 Å². The van der Waals surface area contributed by atoms with Crippen molar-refractivity contribution >= 4 is 5.91 Å². The number of fused-ring (bicyclic) bond motifs is 1. The van der Waals surface area contributed by atoms with E-state index in [-0.39, 0.29) is 23.7 Å². The lowest BCUT2D eigenvalue weighted by molar-refractivity contribution is -0.135. The second-order valence-corrected chi connectivity index (χ2v) is 7.53. The van der Waals surface area contributed by atoms with Crippen LogP contribution in [0.1, 0.15) is 24.8 Å². The van der Waals surface area contributed by atoms with Crippen molar-refractivity contribution in [2.45, 2.75) is 25.8 Å². The molecule has 0 N–H and O–H groups in total. The first kappa shape index (κ1) is 17.4. The van der Waals surface area contributed by atoms with Crippen molar-refractivity contribution in [3.8, 4) is 0 Å². The quantitative estimate of drug-likeness (QED) is 0.801. The van der Waals surface area contributed by atoms with E-state index in [9.17, 15) is 9.18 Å². The van der Waals surface area contributed by atoms with Gasteiger partial charge in [0, 0.05) is 39.1 Å². The number of carbonyl (C=O) groups is 1. The van der Waals surface area contributed by atoms with Crippen molar-refractivity contribution in [3.05, 3.63) is 35.6 Å². The molecule has 0 aromatic heterocycles. The molecule has 1 amide bonds. The molecule has 1 saturated carbocycles. The Morgan fingerprint density at radius 3 is 3.04 bits per heavy atom. The number of carbonyl (C=O) groups excluding carboxylic acids is 1. The molecule has 1 heterocycles. The number of hydrogen-bond donors (Lipinski definition) is 0. The summed E-state index contributed by atoms with van der Waals surface area (Å²) in [5.41, 5.74) is 1.19. The number of likely N-dealkylation sites (N-methyl/N-ethyl adjacent to an activating group) is 1. The van der Waals surface area contributed by atoms with Gasteiger partial charge in [-0.1, -0.05) is 18.6 Å². The van der Waals surface area contributed by atoms with Crippen LogP contribution in [-0.4, -0.2) is 56.1 Å². The summed E-state index contributed by atoms with van der Waals surface area (Å²) in [4.78, 5) is 15.7. The van der Waals surface area contributed by atoms with Gasteiger partial charge < -0.3 is 9.64 Å². The molecule has 5 heteroatoms. The first-order valence-electron chi connectivity index (χ1n) is 8.73. The van der Waals surface area contributed by atoms with Crippen LogP contribution in [0.5, 0.6) is 0 Å². The zero-order chi connectivity index (χ0) is 17.2. The number of benzene rings is 1. The third kappa shape index (κ3) is 3.78. The maximum Gasteiger partial charge on any atom is 0.248 e. The third-order valence-electron chi connectivity index (χ3n) is 5.52. The van der Waals surface area contributed by atoms with Gasteiger partial charge in [0.1, 0.15) is 12.4 Å². The standard InChI is InChI=1S/C19H27FN2O2/c1-21(2)18(23)12-24-14-19-8-4-6-16(19)11-22(13-19)10-15-5-3-7-17(20)9-15/h3,5,7,9,16H,4,6,8,10-14H2,1-2H3/t16-,19+/m1/s1. The summed E-state index contributed by atoms with van der Waals surface area (Å²) in [7, 11) is 3.50. The van der Waals surface area contributed by atoms with Crippen molar-refractivity contribution in [3.63, 3.8) is 0 Å². The second kappa shape index (κ2) is 7.19. The summed E-state index contributed by atoms with van der Waals surface area (Å²) in [5.74, 6) is 0.461. The smallest absolute Gasteiger partial charge is 0.248 e. The Morgan fingerprint density at radius 1 is 1.46 bits per heavy atom. The molecule has 1 aliphatic carbocycles. The van der Waals surface area contributed by atoms with E-state index in [1.54, 1.807) is 31.1 Å². The molecule has 0 unspecified atom stereocenters. The topological polar surface area (TPSA) is 32.8 Å². The Bertz CT molecular complexity index is 592. The van der Waals surface area contributed by atoms with Crippen LogP contribution in [-0.2, 0) is 16.1 Å². The lowest BCUT2D eigenvalue weighted by Gasteiger charge is -2.29. The van der Waals surface area contributed by atoms with E-state index in [0.717, 1.165) is 31.6 Å². The summed E-state index contributed by atoms with van der Waals surface area (Å²) < 4.78 is 19.2. The third-order valence-corrected chi connectivity index (χ3v) is 5.52. The lowest BCUT2D eigenvalue weighted by atomic mass is 9.81. The van der Waals surface area contributed by atoms with Crippen molar-refractivity contribution in [2.24, 2.45) is 11.3 Å². The van der Waals surface area contributed by atoms with Crippen LogP contribution in [0.15, 0.2) is 24.3 Å². The van der Waals surface area contributed by atoms with Gasteiger partial charge in [0.2, 0.25) is 5.91 Å². The number of halogens is 1. The minimum Gasteiger partial charge on any atom is -0.371 e. The molecule has 2 fully saturated rings. The highest BCUT2D eigenvalue weighted by atomic mass is 19.1. The summed E-state index contributed by atoms with van der Waals surface area (Å²) in [6, 6.07) is 6.86. The average molecular weight is 334 g/mol. The molecule has 1 aromatic carbocycles. The molecular formula is C19H27FN2O2. The molecule has 4 nitrogen and oxygen atoms in total. The summed E-state index contributed by atoms with van der Waals surface area (Å²) >= 11 is 0. The van der Waals surface area contributed by atoms with Gasteiger partial charge in [-0.25, -0.2) is 4.39 Å². The van der Waals surface area contributed by atoms with E-state index < -0.39 is 0 Å². The Morgan fingerprint density at radius 2 is 2.29 bits per heavy atom. The first-order chi connectivity index (χ1) is 11.5. The zero-order valence-corrected chi connectivity index (χ0v) is 14.6. The number of amides is 1. The molecule has 1 aromatic rings. The fourth-order valence-electron chi connectivity index (χ4n) is 4.25. The van der Waals surface area contributed by atoms with Gasteiger partial charge >= 0.3 is 0 Å². The van der Waals surface area contributed by atoms with Gasteiger partial charge in [0.15, 0.2) is 0 Å². The predicted molar refractivity (Wildman–Crippen MR) is 91.0 cm³/mol. The zero-order valence-electron chi connectivity index (χ0n) is 14.6. The Hall–Kier alpha value is -1.46. The molecule has 2 aliphatic rings. The van der Waals surface area contributed by atoms with E-state index in [2.05, 4.69) is 4.90 Å². The van der Waals surface area contributed by atoms with Crippen LogP contribution in [0, 0.1) is 17.2 Å². The van der Waals surface area contributed by atoms with Crippen LogP contribution in [0.3, 0.4) is 0 Å². The average Bonchev–Trinajstić information content (AvgIpc) is 3.03. The van der Waals surface area contributed by atoms with Crippen LogP contribution in [0.2, 0.25) is 0 Å². The van der Waals surface area contributed by atoms with Crippen LogP contribution in [0.4, 0.5) is 4.39 Å². The van der Waals surface area contributed by atoms with Crippen LogP contribution >= 0.6 is 0 Å². The van der Waals surface area contributed by atoms with Crippen LogP contribution in [0.25, 0.3) is 0 Å². The summed E-state index contributed by atoms with van der Waals surface area (Å²) in [6.45, 7) is 3.61. The van der Waals surface area contributed by atoms with Crippen molar-refractivity contribution < 1.29 is 13.9 Å². The van der Waals surface area contributed by atoms with E-state index >= 15 is 0 Å². The fraction of sp³-hybridized carbons (Fsp3) is 0.632. The number of ether oxygens (including phenoxy) is 1. The molecule has 0 spiro atoms. The van der Waals surface area contributed by atoms with E-state index in [0.29, 0.717) is 12.5 Å². The van der Waals surface area contributed by atoms with Gasteiger partial charge in [-0.2, -0.15) is 0 Å². The van der Waals surface area contributed by atoms with Gasteiger partial charge in [0.05, 0.1) is 6.61 Å². The van der Waals surface area contributed by atoms with Gasteiger partial charge in [-0.3, -0.25) is 9.69 Å². The minimum atomic E-state index is -0.174. The van der Waals surface area contributed by atoms with Crippen molar-refractivity contribution in [2.75, 3.05) is 40.4 Å². The second-order valence-electron chi connectivity index (χ2n) is 7.53. The highest BCUT2D eigenvalue weighted by molar-refractivity contribution is 5.76. The predicted octanol–water partition coefficient (Wildman–Crippen LogP) is 2.53. The van der Waals surface area contributed by atoms with Crippen molar-refractivity contribution in [1.29, 1.82) is 0 Å². The molecule has 0 bridgehead atoms. The molecule has 132 valence electrons. The lowest BCUT2D eigenvalue weighted by Crippen LogP contribution is -2.34. The Balaban J connectivity index is 1.58. The normalized spacial score (nSPS) is 26.5.